The van der Waals surface area contributed by atoms with Gasteiger partial charge in [0.15, 0.2) is 0 Å². The number of benzene rings is 2. The van der Waals surface area contributed by atoms with E-state index in [9.17, 15) is 8.42 Å². The third-order valence-electron chi connectivity index (χ3n) is 6.07. The molecule has 0 amide bonds. The zero-order valence-electron chi connectivity index (χ0n) is 18.8. The van der Waals surface area contributed by atoms with Crippen LogP contribution in [-0.2, 0) is 10.2 Å². The molecule has 2 aromatic carbocycles. The fourth-order valence-electron chi connectivity index (χ4n) is 4.30. The highest BCUT2D eigenvalue weighted by Crippen LogP contribution is 2.29. The van der Waals surface area contributed by atoms with E-state index in [0.717, 1.165) is 48.9 Å². The first-order chi connectivity index (χ1) is 16.0. The number of rotatable bonds is 4. The van der Waals surface area contributed by atoms with Crippen LogP contribution in [0, 0.1) is 0 Å². The summed E-state index contributed by atoms with van der Waals surface area (Å²) >= 11 is 6.09. The molecule has 1 saturated heterocycles. The molecular formula is C24H30ClN5O2S. The summed E-state index contributed by atoms with van der Waals surface area (Å²) in [5.74, 6) is 0.192. The van der Waals surface area contributed by atoms with Crippen molar-refractivity contribution < 1.29 is 8.42 Å². The highest BCUT2D eigenvalue weighted by Gasteiger charge is 2.32. The van der Waals surface area contributed by atoms with Crippen molar-refractivity contribution >= 4 is 33.5 Å². The Labute approximate surface area is 201 Å². The Kier molecular flexibility index (Phi) is 7.67. The van der Waals surface area contributed by atoms with Crippen LogP contribution in [0.3, 0.4) is 0 Å². The molecule has 4 rings (SSSR count). The monoisotopic (exact) mass is 487 g/mol. The minimum Gasteiger partial charge on any atom is -0.357 e. The van der Waals surface area contributed by atoms with E-state index in [1.807, 2.05) is 42.5 Å². The first-order valence-corrected chi connectivity index (χ1v) is 13.2. The maximum atomic E-state index is 13.1. The molecule has 176 valence electrons. The van der Waals surface area contributed by atoms with Crippen LogP contribution in [0.1, 0.15) is 49.1 Å². The molecule has 0 radical (unpaired) electrons. The van der Waals surface area contributed by atoms with Gasteiger partial charge in [-0.15, -0.1) is 4.40 Å². The number of halogens is 1. The molecule has 9 heteroatoms. The first-order valence-electron chi connectivity index (χ1n) is 11.4. The predicted molar refractivity (Wildman–Crippen MR) is 134 cm³/mol. The van der Waals surface area contributed by atoms with Crippen LogP contribution in [0.2, 0.25) is 5.02 Å². The van der Waals surface area contributed by atoms with Crippen LogP contribution in [0.15, 0.2) is 64.1 Å². The largest absolute Gasteiger partial charge is 0.357 e. The number of hydrazone groups is 1. The van der Waals surface area contributed by atoms with Crippen LogP contribution in [0.25, 0.3) is 0 Å². The minimum atomic E-state index is -3.81. The Morgan fingerprint density at radius 3 is 2.27 bits per heavy atom. The molecular weight excluding hydrogens is 458 g/mol. The SMILES string of the molecule is CNC(=NS(=O)(=O)N1CCCCCCC1)N1CC(c2ccccc2)C(c2ccc(Cl)cc2)=N1. The van der Waals surface area contributed by atoms with Crippen molar-refractivity contribution in [2.45, 2.75) is 38.0 Å². The van der Waals surface area contributed by atoms with Gasteiger partial charge in [0.1, 0.15) is 0 Å². The quantitative estimate of drug-likeness (QED) is 0.517. The van der Waals surface area contributed by atoms with E-state index in [2.05, 4.69) is 21.8 Å². The van der Waals surface area contributed by atoms with Crippen LogP contribution in [0.4, 0.5) is 0 Å². The summed E-state index contributed by atoms with van der Waals surface area (Å²) in [6.07, 6.45) is 4.99. The average Bonchev–Trinajstić information content (AvgIpc) is 3.23. The van der Waals surface area contributed by atoms with Crippen molar-refractivity contribution in [3.63, 3.8) is 0 Å². The Morgan fingerprint density at radius 2 is 1.64 bits per heavy atom. The van der Waals surface area contributed by atoms with Crippen LogP contribution in [0.5, 0.6) is 0 Å². The summed E-state index contributed by atoms with van der Waals surface area (Å²) < 4.78 is 31.9. The molecule has 2 aliphatic heterocycles. The summed E-state index contributed by atoms with van der Waals surface area (Å²) in [7, 11) is -2.14. The van der Waals surface area contributed by atoms with Gasteiger partial charge in [0.05, 0.1) is 12.3 Å². The molecule has 0 saturated carbocycles. The average molecular weight is 488 g/mol. The highest BCUT2D eigenvalue weighted by atomic mass is 35.5. The fourth-order valence-corrected chi connectivity index (χ4v) is 5.67. The summed E-state index contributed by atoms with van der Waals surface area (Å²) in [5, 5.41) is 10.1. The Hall–Kier alpha value is -2.42. The Bertz CT molecular complexity index is 1100. The van der Waals surface area contributed by atoms with Crippen molar-refractivity contribution in [1.82, 2.24) is 14.6 Å². The fraction of sp³-hybridized carbons (Fsp3) is 0.417. The standard InChI is InChI=1S/C24H30ClN5O2S/c1-26-24(28-33(31,32)29-16-8-3-2-4-9-17-29)30-18-22(19-10-6-5-7-11-19)23(27-30)20-12-14-21(25)15-13-20/h5-7,10-15,22H,2-4,8-9,16-18H2,1H3,(H,26,28). The normalized spacial score (nSPS) is 20.8. The van der Waals surface area contributed by atoms with Gasteiger partial charge in [-0.3, -0.25) is 0 Å². The molecule has 2 heterocycles. The van der Waals surface area contributed by atoms with E-state index in [-0.39, 0.29) is 11.9 Å². The van der Waals surface area contributed by atoms with Gasteiger partial charge in [-0.05, 0) is 36.1 Å². The van der Waals surface area contributed by atoms with Crippen molar-refractivity contribution in [3.05, 3.63) is 70.7 Å². The Balaban J connectivity index is 1.66. The van der Waals surface area contributed by atoms with Crippen LogP contribution >= 0.6 is 11.6 Å². The number of nitrogens with one attached hydrogen (secondary N) is 1. The zero-order chi connectivity index (χ0) is 23.3. The van der Waals surface area contributed by atoms with E-state index >= 15 is 0 Å². The molecule has 0 spiro atoms. The molecule has 2 aliphatic rings. The topological polar surface area (TPSA) is 77.4 Å². The Morgan fingerprint density at radius 1 is 1.00 bits per heavy atom. The molecule has 1 unspecified atom stereocenters. The van der Waals surface area contributed by atoms with E-state index in [0.29, 0.717) is 24.7 Å². The predicted octanol–water partition coefficient (Wildman–Crippen LogP) is 4.23. The molecule has 1 N–H and O–H groups in total. The molecule has 7 nitrogen and oxygen atoms in total. The minimum absolute atomic E-state index is 0.0321. The van der Waals surface area contributed by atoms with Crippen molar-refractivity contribution in [3.8, 4) is 0 Å². The van der Waals surface area contributed by atoms with Crippen molar-refractivity contribution in [2.24, 2.45) is 9.50 Å². The summed E-state index contributed by atoms with van der Waals surface area (Å²) in [6, 6.07) is 17.6. The van der Waals surface area contributed by atoms with Crippen LogP contribution in [-0.4, -0.2) is 56.1 Å². The third kappa shape index (κ3) is 5.75. The van der Waals surface area contributed by atoms with Crippen molar-refractivity contribution in [2.75, 3.05) is 26.7 Å². The molecule has 0 aromatic heterocycles. The lowest BCUT2D eigenvalue weighted by molar-refractivity contribution is 0.364. The number of hydrogen-bond acceptors (Lipinski definition) is 3. The van der Waals surface area contributed by atoms with Gasteiger partial charge in [-0.25, -0.2) is 5.01 Å². The van der Waals surface area contributed by atoms with Gasteiger partial charge < -0.3 is 5.32 Å². The first kappa shape index (κ1) is 23.7. The van der Waals surface area contributed by atoms with E-state index in [4.69, 9.17) is 16.7 Å². The maximum absolute atomic E-state index is 13.1. The summed E-state index contributed by atoms with van der Waals surface area (Å²) in [5.41, 5.74) is 2.90. The van der Waals surface area contributed by atoms with Crippen molar-refractivity contribution in [1.29, 1.82) is 0 Å². The molecule has 0 bridgehead atoms. The maximum Gasteiger partial charge on any atom is 0.325 e. The third-order valence-corrected chi connectivity index (χ3v) is 7.74. The van der Waals surface area contributed by atoms with Gasteiger partial charge in [0.2, 0.25) is 5.96 Å². The summed E-state index contributed by atoms with van der Waals surface area (Å²) in [4.78, 5) is 0. The number of hydrogen-bond donors (Lipinski definition) is 1. The van der Waals surface area contributed by atoms with Gasteiger partial charge in [-0.2, -0.15) is 17.8 Å². The smallest absolute Gasteiger partial charge is 0.325 e. The molecule has 33 heavy (non-hydrogen) atoms. The van der Waals surface area contributed by atoms with Gasteiger partial charge in [0.25, 0.3) is 0 Å². The second kappa shape index (κ2) is 10.7. The number of guanidine groups is 1. The molecule has 1 atom stereocenters. The molecule has 1 fully saturated rings. The van der Waals surface area contributed by atoms with Gasteiger partial charge in [-0.1, -0.05) is 73.3 Å². The molecule has 2 aromatic rings. The lowest BCUT2D eigenvalue weighted by atomic mass is 9.91. The van der Waals surface area contributed by atoms with E-state index in [1.54, 1.807) is 12.1 Å². The van der Waals surface area contributed by atoms with Crippen LogP contribution < -0.4 is 5.32 Å². The second-order valence-corrected chi connectivity index (χ2v) is 10.4. The second-order valence-electron chi connectivity index (χ2n) is 8.35. The lowest BCUT2D eigenvalue weighted by Gasteiger charge is -2.23. The molecule has 0 aliphatic carbocycles. The van der Waals surface area contributed by atoms with E-state index < -0.39 is 10.2 Å². The van der Waals surface area contributed by atoms with E-state index in [1.165, 1.54) is 4.31 Å². The zero-order valence-corrected chi connectivity index (χ0v) is 20.4. The highest BCUT2D eigenvalue weighted by molar-refractivity contribution is 7.87. The number of nitrogens with zero attached hydrogens (tertiary/aromatic N) is 4. The lowest BCUT2D eigenvalue weighted by Crippen LogP contribution is -2.39. The van der Waals surface area contributed by atoms with Gasteiger partial charge in [0, 0.05) is 31.1 Å². The van der Waals surface area contributed by atoms with Gasteiger partial charge >= 0.3 is 10.2 Å². The summed E-state index contributed by atoms with van der Waals surface area (Å²) in [6.45, 7) is 1.50.